The molecule has 0 aromatic rings. The summed E-state index contributed by atoms with van der Waals surface area (Å²) in [6.45, 7) is 10.4. The van der Waals surface area contributed by atoms with Crippen LogP contribution in [0.15, 0.2) is 4.99 Å². The standard InChI is InChI=1S/C14H30N4O2.HI/c1-4-9-16-13(19)8-11-18-14(15-5-2)17-10-7-12-20-6-3;/h4-12H2,1-3H3,(H,16,19)(H2,15,17,18);1H. The molecule has 0 saturated heterocycles. The van der Waals surface area contributed by atoms with E-state index >= 15 is 0 Å². The lowest BCUT2D eigenvalue weighted by Crippen LogP contribution is -2.39. The lowest BCUT2D eigenvalue weighted by Gasteiger charge is -2.11. The van der Waals surface area contributed by atoms with E-state index in [2.05, 4.69) is 20.9 Å². The van der Waals surface area contributed by atoms with Crippen molar-refractivity contribution >= 4 is 35.8 Å². The largest absolute Gasteiger partial charge is 0.382 e. The van der Waals surface area contributed by atoms with Gasteiger partial charge in [0.15, 0.2) is 5.96 Å². The Morgan fingerprint density at radius 1 is 1.10 bits per heavy atom. The third kappa shape index (κ3) is 15.6. The SMILES string of the molecule is CCCNC(=O)CCNC(=NCCCOCC)NCC.I. The second-order valence-electron chi connectivity index (χ2n) is 4.34. The molecule has 3 N–H and O–H groups in total. The highest BCUT2D eigenvalue weighted by Crippen LogP contribution is 1.85. The minimum atomic E-state index is 0. The maximum atomic E-state index is 11.4. The van der Waals surface area contributed by atoms with Crippen LogP contribution in [0.3, 0.4) is 0 Å². The van der Waals surface area contributed by atoms with Crippen LogP contribution in [-0.4, -0.2) is 51.3 Å². The minimum Gasteiger partial charge on any atom is -0.382 e. The predicted octanol–water partition coefficient (Wildman–Crippen LogP) is 1.50. The third-order valence-corrected chi connectivity index (χ3v) is 2.48. The second kappa shape index (κ2) is 17.5. The first kappa shape index (κ1) is 22.7. The number of aliphatic imine (C=N–C) groups is 1. The quantitative estimate of drug-likeness (QED) is 0.207. The Bertz CT molecular complexity index is 276. The summed E-state index contributed by atoms with van der Waals surface area (Å²) in [7, 11) is 0. The Morgan fingerprint density at radius 2 is 1.86 bits per heavy atom. The number of amides is 1. The summed E-state index contributed by atoms with van der Waals surface area (Å²) >= 11 is 0. The first-order valence-corrected chi connectivity index (χ1v) is 7.61. The molecule has 7 heteroatoms. The molecule has 0 saturated carbocycles. The van der Waals surface area contributed by atoms with Gasteiger partial charge in [-0.15, -0.1) is 24.0 Å². The Morgan fingerprint density at radius 3 is 2.48 bits per heavy atom. The van der Waals surface area contributed by atoms with Crippen LogP contribution in [0.25, 0.3) is 0 Å². The molecule has 0 heterocycles. The number of hydrogen-bond acceptors (Lipinski definition) is 3. The number of nitrogens with zero attached hydrogens (tertiary/aromatic N) is 1. The third-order valence-electron chi connectivity index (χ3n) is 2.48. The number of halogens is 1. The van der Waals surface area contributed by atoms with Gasteiger partial charge in [0.2, 0.25) is 5.91 Å². The van der Waals surface area contributed by atoms with E-state index in [1.807, 2.05) is 20.8 Å². The van der Waals surface area contributed by atoms with Gasteiger partial charge in [-0.25, -0.2) is 0 Å². The molecule has 0 spiro atoms. The van der Waals surface area contributed by atoms with Crippen LogP contribution in [-0.2, 0) is 9.53 Å². The molecule has 0 aliphatic heterocycles. The average molecular weight is 414 g/mol. The summed E-state index contributed by atoms with van der Waals surface area (Å²) in [6, 6.07) is 0. The minimum absolute atomic E-state index is 0. The van der Waals surface area contributed by atoms with Crippen LogP contribution in [0, 0.1) is 0 Å². The van der Waals surface area contributed by atoms with Crippen molar-refractivity contribution in [1.29, 1.82) is 0 Å². The number of rotatable bonds is 11. The van der Waals surface area contributed by atoms with Crippen molar-refractivity contribution in [3.8, 4) is 0 Å². The Balaban J connectivity index is 0. The maximum Gasteiger partial charge on any atom is 0.221 e. The van der Waals surface area contributed by atoms with Crippen LogP contribution in [0.1, 0.15) is 40.0 Å². The molecule has 0 bridgehead atoms. The van der Waals surface area contributed by atoms with Crippen LogP contribution in [0.5, 0.6) is 0 Å². The lowest BCUT2D eigenvalue weighted by atomic mass is 10.4. The summed E-state index contributed by atoms with van der Waals surface area (Å²) < 4.78 is 5.26. The fourth-order valence-corrected chi connectivity index (χ4v) is 1.49. The highest BCUT2D eigenvalue weighted by molar-refractivity contribution is 14.0. The van der Waals surface area contributed by atoms with E-state index < -0.39 is 0 Å². The highest BCUT2D eigenvalue weighted by atomic mass is 127. The maximum absolute atomic E-state index is 11.4. The van der Waals surface area contributed by atoms with Crippen molar-refractivity contribution in [2.75, 3.05) is 39.4 Å². The van der Waals surface area contributed by atoms with Crippen molar-refractivity contribution in [3.05, 3.63) is 0 Å². The van der Waals surface area contributed by atoms with Crippen molar-refractivity contribution in [3.63, 3.8) is 0 Å². The molecule has 21 heavy (non-hydrogen) atoms. The first-order chi connectivity index (χ1) is 9.74. The first-order valence-electron chi connectivity index (χ1n) is 7.61. The molecule has 0 aliphatic carbocycles. The van der Waals surface area contributed by atoms with Crippen molar-refractivity contribution < 1.29 is 9.53 Å². The lowest BCUT2D eigenvalue weighted by molar-refractivity contribution is -0.120. The van der Waals surface area contributed by atoms with Gasteiger partial charge in [0.1, 0.15) is 0 Å². The van der Waals surface area contributed by atoms with Crippen LogP contribution in [0.4, 0.5) is 0 Å². The smallest absolute Gasteiger partial charge is 0.221 e. The van der Waals surface area contributed by atoms with Gasteiger partial charge in [-0.1, -0.05) is 6.92 Å². The molecule has 0 fully saturated rings. The zero-order chi connectivity index (χ0) is 15.1. The van der Waals surface area contributed by atoms with Crippen LogP contribution in [0.2, 0.25) is 0 Å². The average Bonchev–Trinajstić information content (AvgIpc) is 2.44. The van der Waals surface area contributed by atoms with E-state index in [-0.39, 0.29) is 29.9 Å². The van der Waals surface area contributed by atoms with Gasteiger partial charge in [-0.2, -0.15) is 0 Å². The van der Waals surface area contributed by atoms with Gasteiger partial charge in [-0.05, 0) is 26.7 Å². The van der Waals surface area contributed by atoms with Crippen molar-refractivity contribution in [2.45, 2.75) is 40.0 Å². The van der Waals surface area contributed by atoms with Gasteiger partial charge < -0.3 is 20.7 Å². The predicted molar refractivity (Wildman–Crippen MR) is 98.4 cm³/mol. The molecular weight excluding hydrogens is 383 g/mol. The molecule has 0 radical (unpaired) electrons. The number of carbonyl (C=O) groups is 1. The van der Waals surface area contributed by atoms with Gasteiger partial charge >= 0.3 is 0 Å². The summed E-state index contributed by atoms with van der Waals surface area (Å²) in [4.78, 5) is 15.9. The molecule has 1 amide bonds. The van der Waals surface area contributed by atoms with E-state index in [0.717, 1.165) is 51.6 Å². The monoisotopic (exact) mass is 414 g/mol. The molecule has 0 aromatic heterocycles. The molecule has 6 nitrogen and oxygen atoms in total. The van der Waals surface area contributed by atoms with E-state index in [4.69, 9.17) is 4.74 Å². The van der Waals surface area contributed by atoms with E-state index in [0.29, 0.717) is 13.0 Å². The van der Waals surface area contributed by atoms with Gasteiger partial charge in [-0.3, -0.25) is 9.79 Å². The normalized spacial score (nSPS) is 10.7. The van der Waals surface area contributed by atoms with Crippen molar-refractivity contribution in [1.82, 2.24) is 16.0 Å². The van der Waals surface area contributed by atoms with Gasteiger partial charge in [0.05, 0.1) is 0 Å². The highest BCUT2D eigenvalue weighted by Gasteiger charge is 2.01. The summed E-state index contributed by atoms with van der Waals surface area (Å²) in [5.41, 5.74) is 0. The van der Waals surface area contributed by atoms with Crippen LogP contribution >= 0.6 is 24.0 Å². The van der Waals surface area contributed by atoms with E-state index in [1.165, 1.54) is 0 Å². The zero-order valence-corrected chi connectivity index (χ0v) is 15.9. The number of ether oxygens (including phenoxy) is 1. The Hall–Kier alpha value is -0.570. The number of guanidine groups is 1. The molecule has 126 valence electrons. The molecular formula is C14H31IN4O2. The number of nitrogens with one attached hydrogen (secondary N) is 3. The summed E-state index contributed by atoms with van der Waals surface area (Å²) in [5, 5.41) is 9.16. The van der Waals surface area contributed by atoms with E-state index in [1.54, 1.807) is 0 Å². The number of carbonyl (C=O) groups excluding carboxylic acids is 1. The molecule has 0 aromatic carbocycles. The topological polar surface area (TPSA) is 74.8 Å². The Kier molecular flexibility index (Phi) is 18.9. The fourth-order valence-electron chi connectivity index (χ4n) is 1.49. The summed E-state index contributed by atoms with van der Waals surface area (Å²) in [6.07, 6.45) is 2.33. The zero-order valence-electron chi connectivity index (χ0n) is 13.5. The second-order valence-corrected chi connectivity index (χ2v) is 4.34. The molecule has 0 atom stereocenters. The molecule has 0 unspecified atom stereocenters. The van der Waals surface area contributed by atoms with Gasteiger partial charge in [0, 0.05) is 45.8 Å². The number of hydrogen-bond donors (Lipinski definition) is 3. The van der Waals surface area contributed by atoms with Crippen LogP contribution < -0.4 is 16.0 Å². The van der Waals surface area contributed by atoms with E-state index in [9.17, 15) is 4.79 Å². The fraction of sp³-hybridized carbons (Fsp3) is 0.857. The summed E-state index contributed by atoms with van der Waals surface area (Å²) in [5.74, 6) is 0.832. The molecule has 0 rings (SSSR count). The van der Waals surface area contributed by atoms with Crippen molar-refractivity contribution in [2.24, 2.45) is 4.99 Å². The molecule has 0 aliphatic rings. The Labute approximate surface area is 145 Å². The van der Waals surface area contributed by atoms with Gasteiger partial charge in [0.25, 0.3) is 0 Å².